The van der Waals surface area contributed by atoms with Gasteiger partial charge in [-0.15, -0.1) is 0 Å². The molecule has 0 aromatic carbocycles. The molecule has 0 radical (unpaired) electrons. The quantitative estimate of drug-likeness (QED) is 0.409. The van der Waals surface area contributed by atoms with Crippen LogP contribution in [0.25, 0.3) is 0 Å². The van der Waals surface area contributed by atoms with Gasteiger partial charge in [0.2, 0.25) is 0 Å². The van der Waals surface area contributed by atoms with Gasteiger partial charge in [-0.2, -0.15) is 0 Å². The molecule has 70 valence electrons. The molecule has 2 nitrogen and oxygen atoms in total. The van der Waals surface area contributed by atoms with E-state index in [0.29, 0.717) is 0 Å². The number of hydrogen-bond acceptors (Lipinski definition) is 2. The van der Waals surface area contributed by atoms with Crippen LogP contribution in [0.3, 0.4) is 0 Å². The molecule has 0 aliphatic rings. The summed E-state index contributed by atoms with van der Waals surface area (Å²) in [5, 5.41) is 9.96. The van der Waals surface area contributed by atoms with Gasteiger partial charge in [-0.25, -0.2) is 0 Å². The van der Waals surface area contributed by atoms with Crippen molar-refractivity contribution in [2.45, 2.75) is 13.3 Å². The molecule has 0 heterocycles. The number of carbonyl (C=O) groups is 1. The third-order valence-electron chi connectivity index (χ3n) is 1.17. The van der Waals surface area contributed by atoms with Gasteiger partial charge >= 0.3 is 51.4 Å². The molecule has 0 atom stereocenters. The number of rotatable bonds is 5. The van der Waals surface area contributed by atoms with Gasteiger partial charge in [0, 0.05) is 12.4 Å². The van der Waals surface area contributed by atoms with Crippen LogP contribution in [0.15, 0.2) is 48.6 Å². The molecule has 0 aromatic rings. The second kappa shape index (κ2) is 13.1. The molecule has 0 saturated heterocycles. The van der Waals surface area contributed by atoms with Crippen molar-refractivity contribution in [1.82, 2.24) is 0 Å². The molecule has 0 amide bonds. The molecule has 0 fully saturated rings. The van der Waals surface area contributed by atoms with E-state index in [1.54, 1.807) is 12.2 Å². The smallest absolute Gasteiger partial charge is 0.550 e. The Morgan fingerprint density at radius 2 is 1.57 bits per heavy atom. The van der Waals surface area contributed by atoms with Crippen molar-refractivity contribution in [3.63, 3.8) is 0 Å². The topological polar surface area (TPSA) is 40.1 Å². The number of hydrogen-bond donors (Lipinski definition) is 0. The van der Waals surface area contributed by atoms with Crippen LogP contribution in [-0.4, -0.2) is 5.97 Å². The van der Waals surface area contributed by atoms with Gasteiger partial charge in [0.25, 0.3) is 0 Å². The van der Waals surface area contributed by atoms with Crippen LogP contribution in [0, 0.1) is 0 Å². The SMILES string of the molecule is CC=CC=CC=CC=CCC(=O)[O-].[K+]. The Morgan fingerprint density at radius 1 is 1.07 bits per heavy atom. The Balaban J connectivity index is 0. The first-order valence-corrected chi connectivity index (χ1v) is 4.08. The molecule has 0 bridgehead atoms. The Kier molecular flexibility index (Phi) is 15.4. The van der Waals surface area contributed by atoms with Crippen LogP contribution >= 0.6 is 0 Å². The van der Waals surface area contributed by atoms with Crippen molar-refractivity contribution in [2.75, 3.05) is 0 Å². The van der Waals surface area contributed by atoms with Crippen LogP contribution in [0.2, 0.25) is 0 Å². The van der Waals surface area contributed by atoms with Crippen LogP contribution in [0.1, 0.15) is 13.3 Å². The molecule has 14 heavy (non-hydrogen) atoms. The Bertz CT molecular complexity index is 250. The first-order chi connectivity index (χ1) is 6.27. The minimum absolute atomic E-state index is 0. The van der Waals surface area contributed by atoms with Crippen LogP contribution < -0.4 is 56.5 Å². The van der Waals surface area contributed by atoms with E-state index in [2.05, 4.69) is 0 Å². The fraction of sp³-hybridized carbons (Fsp3) is 0.182. The Labute approximate surface area is 128 Å². The maximum Gasteiger partial charge on any atom is 1.00 e. The van der Waals surface area contributed by atoms with E-state index < -0.39 is 5.97 Å². The van der Waals surface area contributed by atoms with E-state index in [0.717, 1.165) is 0 Å². The molecule has 0 N–H and O–H groups in total. The maximum atomic E-state index is 9.96. The zero-order valence-corrected chi connectivity index (χ0v) is 11.8. The Morgan fingerprint density at radius 3 is 2.07 bits per heavy atom. The number of allylic oxidation sites excluding steroid dienone is 7. The molecule has 3 heteroatoms. The van der Waals surface area contributed by atoms with Crippen LogP contribution in [0.5, 0.6) is 0 Å². The zero-order chi connectivity index (χ0) is 9.94. The first kappa shape index (κ1) is 16.5. The van der Waals surface area contributed by atoms with Gasteiger partial charge in [0.05, 0.1) is 0 Å². The van der Waals surface area contributed by atoms with Gasteiger partial charge in [0.1, 0.15) is 0 Å². The molecule has 0 aliphatic heterocycles. The fourth-order valence-corrected chi connectivity index (χ4v) is 0.611. The third-order valence-corrected chi connectivity index (χ3v) is 1.17. The van der Waals surface area contributed by atoms with Crippen molar-refractivity contribution in [3.8, 4) is 0 Å². The summed E-state index contributed by atoms with van der Waals surface area (Å²) < 4.78 is 0. The first-order valence-electron chi connectivity index (χ1n) is 4.08. The fourth-order valence-electron chi connectivity index (χ4n) is 0.611. The molecule has 0 saturated carbocycles. The summed E-state index contributed by atoms with van der Waals surface area (Å²) in [5.41, 5.74) is 0. The van der Waals surface area contributed by atoms with E-state index in [1.807, 2.05) is 37.3 Å². The summed E-state index contributed by atoms with van der Waals surface area (Å²) in [7, 11) is 0. The second-order valence-electron chi connectivity index (χ2n) is 2.30. The summed E-state index contributed by atoms with van der Waals surface area (Å²) in [4.78, 5) is 9.96. The Hall–Kier alpha value is 0.0664. The van der Waals surface area contributed by atoms with Gasteiger partial charge in [-0.1, -0.05) is 48.6 Å². The predicted octanol–water partition coefficient (Wildman–Crippen LogP) is -1.62. The molecule has 0 unspecified atom stereocenters. The van der Waals surface area contributed by atoms with Crippen LogP contribution in [-0.2, 0) is 4.79 Å². The third kappa shape index (κ3) is 14.6. The number of aliphatic carboxylic acids is 1. The van der Waals surface area contributed by atoms with Crippen molar-refractivity contribution in [3.05, 3.63) is 48.6 Å². The van der Waals surface area contributed by atoms with E-state index >= 15 is 0 Å². The van der Waals surface area contributed by atoms with Gasteiger partial charge in [0.15, 0.2) is 0 Å². The standard InChI is InChI=1S/C11H14O2.K/c1-2-3-4-5-6-7-8-9-10-11(12)13;/h2-9H,10H2,1H3,(H,12,13);/q;+1/p-1. The summed E-state index contributed by atoms with van der Waals surface area (Å²) in [6, 6.07) is 0. The average molecular weight is 216 g/mol. The summed E-state index contributed by atoms with van der Waals surface area (Å²) >= 11 is 0. The van der Waals surface area contributed by atoms with Crippen LogP contribution in [0.4, 0.5) is 0 Å². The zero-order valence-electron chi connectivity index (χ0n) is 8.64. The van der Waals surface area contributed by atoms with Gasteiger partial charge in [-0.3, -0.25) is 0 Å². The van der Waals surface area contributed by atoms with Gasteiger partial charge in [-0.05, 0) is 6.92 Å². The minimum Gasteiger partial charge on any atom is -0.550 e. The monoisotopic (exact) mass is 216 g/mol. The van der Waals surface area contributed by atoms with Crippen molar-refractivity contribution >= 4 is 5.97 Å². The molecular formula is C11H13KO2. The molecular weight excluding hydrogens is 203 g/mol. The van der Waals surface area contributed by atoms with Crippen molar-refractivity contribution in [1.29, 1.82) is 0 Å². The van der Waals surface area contributed by atoms with Crippen molar-refractivity contribution in [2.24, 2.45) is 0 Å². The van der Waals surface area contributed by atoms with E-state index in [4.69, 9.17) is 0 Å². The molecule has 0 rings (SSSR count). The summed E-state index contributed by atoms with van der Waals surface area (Å²) in [6.45, 7) is 1.94. The summed E-state index contributed by atoms with van der Waals surface area (Å²) in [5.74, 6) is -1.06. The maximum absolute atomic E-state index is 9.96. The molecule has 0 spiro atoms. The molecule has 0 aliphatic carbocycles. The van der Waals surface area contributed by atoms with E-state index in [9.17, 15) is 9.90 Å². The largest absolute Gasteiger partial charge is 1.00 e. The number of carbonyl (C=O) groups excluding carboxylic acids is 1. The normalized spacial score (nSPS) is 11.8. The van der Waals surface area contributed by atoms with Crippen molar-refractivity contribution < 1.29 is 61.3 Å². The average Bonchev–Trinajstić information content (AvgIpc) is 2.09. The van der Waals surface area contributed by atoms with E-state index in [-0.39, 0.29) is 57.8 Å². The minimum atomic E-state index is -1.06. The van der Waals surface area contributed by atoms with Gasteiger partial charge < -0.3 is 9.90 Å². The molecule has 0 aromatic heterocycles. The number of carboxylic acid groups (broad SMARTS) is 1. The van der Waals surface area contributed by atoms with E-state index in [1.165, 1.54) is 6.08 Å². The summed E-state index contributed by atoms with van der Waals surface area (Å²) in [6.07, 6.45) is 14.4. The predicted molar refractivity (Wildman–Crippen MR) is 51.9 cm³/mol. The second-order valence-corrected chi connectivity index (χ2v) is 2.30. The number of carboxylic acids is 1.